The van der Waals surface area contributed by atoms with Crippen molar-refractivity contribution in [1.29, 1.82) is 0 Å². The first-order valence-electron chi connectivity index (χ1n) is 8.76. The molecule has 2 aromatic heterocycles. The maximum Gasteiger partial charge on any atom is 0.137 e. The van der Waals surface area contributed by atoms with Crippen LogP contribution in [0.15, 0.2) is 61.2 Å². The standard InChI is InChI=1S/C21H20N6/c1-13-10-24-20(11-23-13)17-6-4-3-5-16(17)14(2)27-21-18-9-15(22)7-8-19(18)25-12-26-21/h3-12,14H,22H2,1-2H3,(H,25,26,27). The third-order valence-corrected chi connectivity index (χ3v) is 4.50. The van der Waals surface area contributed by atoms with Gasteiger partial charge >= 0.3 is 0 Å². The molecule has 0 aliphatic heterocycles. The molecular weight excluding hydrogens is 336 g/mol. The Morgan fingerprint density at radius 1 is 0.963 bits per heavy atom. The van der Waals surface area contributed by atoms with E-state index >= 15 is 0 Å². The summed E-state index contributed by atoms with van der Waals surface area (Å²) in [5, 5.41) is 4.40. The van der Waals surface area contributed by atoms with E-state index in [1.54, 1.807) is 12.5 Å². The van der Waals surface area contributed by atoms with Crippen LogP contribution in [-0.4, -0.2) is 19.9 Å². The fraction of sp³-hybridized carbons (Fsp3) is 0.143. The molecule has 0 amide bonds. The molecule has 0 spiro atoms. The molecule has 0 saturated heterocycles. The van der Waals surface area contributed by atoms with Gasteiger partial charge in [0.05, 0.1) is 29.1 Å². The highest BCUT2D eigenvalue weighted by Crippen LogP contribution is 2.30. The maximum absolute atomic E-state index is 5.95. The molecule has 6 heteroatoms. The van der Waals surface area contributed by atoms with E-state index < -0.39 is 0 Å². The summed E-state index contributed by atoms with van der Waals surface area (Å²) < 4.78 is 0. The minimum absolute atomic E-state index is 0.00355. The molecule has 4 rings (SSSR count). The highest BCUT2D eigenvalue weighted by Gasteiger charge is 2.14. The van der Waals surface area contributed by atoms with Crippen molar-refractivity contribution >= 4 is 22.4 Å². The van der Waals surface area contributed by atoms with Crippen molar-refractivity contribution in [2.24, 2.45) is 0 Å². The minimum Gasteiger partial charge on any atom is -0.399 e. The number of aromatic nitrogens is 4. The predicted octanol–water partition coefficient (Wildman–Crippen LogP) is 4.15. The molecule has 2 aromatic carbocycles. The molecule has 1 atom stereocenters. The number of benzene rings is 2. The molecule has 0 radical (unpaired) electrons. The van der Waals surface area contributed by atoms with E-state index in [2.05, 4.69) is 44.3 Å². The molecule has 2 heterocycles. The maximum atomic E-state index is 5.95. The molecule has 0 aliphatic carbocycles. The Kier molecular flexibility index (Phi) is 4.38. The average molecular weight is 356 g/mol. The van der Waals surface area contributed by atoms with E-state index in [-0.39, 0.29) is 6.04 Å². The second kappa shape index (κ2) is 6.99. The number of nitrogen functional groups attached to an aromatic ring is 1. The van der Waals surface area contributed by atoms with Crippen LogP contribution in [0.4, 0.5) is 11.5 Å². The third kappa shape index (κ3) is 3.42. The number of fused-ring (bicyclic) bond motifs is 1. The fourth-order valence-electron chi connectivity index (χ4n) is 3.11. The van der Waals surface area contributed by atoms with Crippen molar-refractivity contribution in [1.82, 2.24) is 19.9 Å². The normalized spacial score (nSPS) is 12.1. The summed E-state index contributed by atoms with van der Waals surface area (Å²) in [5.41, 5.74) is 11.4. The van der Waals surface area contributed by atoms with Crippen LogP contribution in [0.25, 0.3) is 22.2 Å². The highest BCUT2D eigenvalue weighted by atomic mass is 15.0. The fourth-order valence-corrected chi connectivity index (χ4v) is 3.11. The van der Waals surface area contributed by atoms with E-state index in [4.69, 9.17) is 5.73 Å². The summed E-state index contributed by atoms with van der Waals surface area (Å²) in [5.74, 6) is 0.754. The second-order valence-electron chi connectivity index (χ2n) is 6.50. The Bertz CT molecular complexity index is 1090. The molecule has 134 valence electrons. The van der Waals surface area contributed by atoms with Crippen molar-refractivity contribution in [3.63, 3.8) is 0 Å². The van der Waals surface area contributed by atoms with Crippen LogP contribution in [0, 0.1) is 6.92 Å². The zero-order valence-corrected chi connectivity index (χ0v) is 15.2. The lowest BCUT2D eigenvalue weighted by molar-refractivity contribution is 0.876. The van der Waals surface area contributed by atoms with Gasteiger partial charge in [-0.1, -0.05) is 24.3 Å². The van der Waals surface area contributed by atoms with E-state index in [9.17, 15) is 0 Å². The predicted molar refractivity (Wildman–Crippen MR) is 108 cm³/mol. The smallest absolute Gasteiger partial charge is 0.137 e. The molecule has 4 aromatic rings. The van der Waals surface area contributed by atoms with Gasteiger partial charge in [0.25, 0.3) is 0 Å². The summed E-state index contributed by atoms with van der Waals surface area (Å²) in [6.45, 7) is 4.03. The average Bonchev–Trinajstić information content (AvgIpc) is 2.69. The first-order valence-corrected chi connectivity index (χ1v) is 8.76. The zero-order chi connectivity index (χ0) is 18.8. The number of anilines is 2. The van der Waals surface area contributed by atoms with Gasteiger partial charge in [-0.25, -0.2) is 9.97 Å². The first-order chi connectivity index (χ1) is 13.1. The topological polar surface area (TPSA) is 89.6 Å². The van der Waals surface area contributed by atoms with E-state index in [0.29, 0.717) is 5.69 Å². The summed E-state index contributed by atoms with van der Waals surface area (Å²) in [6, 6.07) is 13.8. The lowest BCUT2D eigenvalue weighted by Gasteiger charge is -2.19. The monoisotopic (exact) mass is 356 g/mol. The van der Waals surface area contributed by atoms with E-state index in [1.807, 2.05) is 43.5 Å². The Hall–Kier alpha value is -3.54. The number of nitrogens with zero attached hydrogens (tertiary/aromatic N) is 4. The summed E-state index contributed by atoms with van der Waals surface area (Å²) in [6.07, 6.45) is 5.15. The molecule has 1 unspecified atom stereocenters. The van der Waals surface area contributed by atoms with Gasteiger partial charge in [-0.2, -0.15) is 0 Å². The largest absolute Gasteiger partial charge is 0.399 e. The zero-order valence-electron chi connectivity index (χ0n) is 15.2. The Morgan fingerprint density at radius 2 is 1.81 bits per heavy atom. The molecule has 3 N–H and O–H groups in total. The van der Waals surface area contributed by atoms with Crippen LogP contribution in [0.5, 0.6) is 0 Å². The van der Waals surface area contributed by atoms with Crippen molar-refractivity contribution in [2.75, 3.05) is 11.1 Å². The van der Waals surface area contributed by atoms with Crippen molar-refractivity contribution < 1.29 is 0 Å². The quantitative estimate of drug-likeness (QED) is 0.534. The third-order valence-electron chi connectivity index (χ3n) is 4.50. The molecule has 0 aliphatic rings. The van der Waals surface area contributed by atoms with Gasteiger partial charge in [0.2, 0.25) is 0 Å². The van der Waals surface area contributed by atoms with Crippen LogP contribution < -0.4 is 11.1 Å². The number of aryl methyl sites for hydroxylation is 1. The molecule has 27 heavy (non-hydrogen) atoms. The van der Waals surface area contributed by atoms with Gasteiger partial charge in [0, 0.05) is 22.8 Å². The number of hydrogen-bond donors (Lipinski definition) is 2. The van der Waals surface area contributed by atoms with Crippen molar-refractivity contribution in [3.05, 3.63) is 72.4 Å². The van der Waals surface area contributed by atoms with Gasteiger partial charge in [-0.05, 0) is 37.6 Å². The minimum atomic E-state index is 0.00355. The van der Waals surface area contributed by atoms with Crippen LogP contribution >= 0.6 is 0 Å². The molecule has 0 bridgehead atoms. The molecule has 6 nitrogen and oxygen atoms in total. The Labute approximate surface area is 157 Å². The Morgan fingerprint density at radius 3 is 2.63 bits per heavy atom. The Balaban J connectivity index is 1.72. The van der Waals surface area contributed by atoms with Gasteiger partial charge in [0.15, 0.2) is 0 Å². The van der Waals surface area contributed by atoms with Crippen LogP contribution in [0.2, 0.25) is 0 Å². The van der Waals surface area contributed by atoms with Gasteiger partial charge in [-0.3, -0.25) is 9.97 Å². The van der Waals surface area contributed by atoms with Gasteiger partial charge in [0.1, 0.15) is 12.1 Å². The summed E-state index contributed by atoms with van der Waals surface area (Å²) in [4.78, 5) is 17.6. The van der Waals surface area contributed by atoms with Gasteiger partial charge in [-0.15, -0.1) is 0 Å². The second-order valence-corrected chi connectivity index (χ2v) is 6.50. The SMILES string of the molecule is Cc1cnc(-c2ccccc2C(C)Nc2ncnc3ccc(N)cc23)cn1. The van der Waals surface area contributed by atoms with Crippen molar-refractivity contribution in [3.8, 4) is 11.3 Å². The number of rotatable bonds is 4. The van der Waals surface area contributed by atoms with Crippen LogP contribution in [-0.2, 0) is 0 Å². The molecular formula is C21H20N6. The van der Waals surface area contributed by atoms with Crippen LogP contribution in [0.3, 0.4) is 0 Å². The van der Waals surface area contributed by atoms with E-state index in [1.165, 1.54) is 0 Å². The number of nitrogens with two attached hydrogens (primary N) is 1. The first kappa shape index (κ1) is 16.9. The number of nitrogens with one attached hydrogen (secondary N) is 1. The number of hydrogen-bond acceptors (Lipinski definition) is 6. The molecule has 0 fully saturated rings. The summed E-state index contributed by atoms with van der Waals surface area (Å²) in [7, 11) is 0. The van der Waals surface area contributed by atoms with Crippen molar-refractivity contribution in [2.45, 2.75) is 19.9 Å². The van der Waals surface area contributed by atoms with Gasteiger partial charge < -0.3 is 11.1 Å². The van der Waals surface area contributed by atoms with E-state index in [0.717, 1.165) is 39.2 Å². The highest BCUT2D eigenvalue weighted by molar-refractivity contribution is 5.91. The molecule has 0 saturated carbocycles. The lowest BCUT2D eigenvalue weighted by atomic mass is 9.99. The lowest BCUT2D eigenvalue weighted by Crippen LogP contribution is -2.10. The van der Waals surface area contributed by atoms with Crippen LogP contribution in [0.1, 0.15) is 24.2 Å². The summed E-state index contributed by atoms with van der Waals surface area (Å²) >= 11 is 0.